The van der Waals surface area contributed by atoms with Crippen molar-refractivity contribution in [2.75, 3.05) is 0 Å². The van der Waals surface area contributed by atoms with Crippen LogP contribution in [0.15, 0.2) is 0 Å². The van der Waals surface area contributed by atoms with Gasteiger partial charge in [0.1, 0.15) is 12.2 Å². The largest absolute Gasteiger partial charge is 0.386 e. The maximum Gasteiger partial charge on any atom is 0.189 e. The monoisotopic (exact) mass is 244 g/mol. The van der Waals surface area contributed by atoms with E-state index >= 15 is 0 Å². The molecule has 3 heteroatoms. The number of Topliss-reactive ketones (excluding diaryl/α,β-unsaturated/α-hetero) is 1. The fourth-order valence-electron chi connectivity index (χ4n) is 1.89. The van der Waals surface area contributed by atoms with Crippen LogP contribution in [0, 0.1) is 0 Å². The molecular formula is C14H28O3. The minimum Gasteiger partial charge on any atom is -0.386 e. The minimum atomic E-state index is -1.04. The maximum atomic E-state index is 11.2. The van der Waals surface area contributed by atoms with Crippen molar-refractivity contribution in [3.05, 3.63) is 0 Å². The number of hydrogen-bond acceptors (Lipinski definition) is 3. The van der Waals surface area contributed by atoms with Gasteiger partial charge in [0, 0.05) is 0 Å². The third kappa shape index (κ3) is 9.31. The number of aliphatic hydroxyl groups excluding tert-OH is 2. The molecule has 0 aromatic rings. The fourth-order valence-corrected chi connectivity index (χ4v) is 1.89. The number of carbonyl (C=O) groups is 1. The van der Waals surface area contributed by atoms with Crippen LogP contribution in [-0.2, 0) is 4.79 Å². The first-order chi connectivity index (χ1) is 8.09. The summed E-state index contributed by atoms with van der Waals surface area (Å²) in [7, 11) is 0. The zero-order valence-electron chi connectivity index (χ0n) is 11.3. The highest BCUT2D eigenvalue weighted by Gasteiger charge is 2.18. The molecule has 0 bridgehead atoms. The molecule has 3 nitrogen and oxygen atoms in total. The van der Waals surface area contributed by atoms with Crippen LogP contribution in [0.25, 0.3) is 0 Å². The second-order valence-corrected chi connectivity index (χ2v) is 4.86. The molecule has 0 aliphatic rings. The number of hydrogen-bond donors (Lipinski definition) is 2. The van der Waals surface area contributed by atoms with Crippen LogP contribution in [0.3, 0.4) is 0 Å². The fraction of sp³-hybridized carbons (Fsp3) is 0.929. The summed E-state index contributed by atoms with van der Waals surface area (Å²) in [4.78, 5) is 11.2. The van der Waals surface area contributed by atoms with Gasteiger partial charge in [-0.1, -0.05) is 58.3 Å². The Balaban J connectivity index is 3.30. The number of ketones is 1. The molecule has 0 heterocycles. The highest BCUT2D eigenvalue weighted by molar-refractivity contribution is 5.86. The van der Waals surface area contributed by atoms with E-state index in [0.717, 1.165) is 12.8 Å². The van der Waals surface area contributed by atoms with Crippen LogP contribution in [-0.4, -0.2) is 28.2 Å². The molecule has 0 saturated carbocycles. The lowest BCUT2D eigenvalue weighted by Crippen LogP contribution is -2.29. The van der Waals surface area contributed by atoms with Gasteiger partial charge in [-0.15, -0.1) is 0 Å². The molecule has 2 unspecified atom stereocenters. The molecule has 0 fully saturated rings. The molecule has 17 heavy (non-hydrogen) atoms. The Morgan fingerprint density at radius 3 is 1.88 bits per heavy atom. The van der Waals surface area contributed by atoms with E-state index in [1.165, 1.54) is 45.4 Å². The third-order valence-electron chi connectivity index (χ3n) is 3.07. The van der Waals surface area contributed by atoms with E-state index in [9.17, 15) is 9.90 Å². The first-order valence-electron chi connectivity index (χ1n) is 6.99. The topological polar surface area (TPSA) is 57.5 Å². The van der Waals surface area contributed by atoms with E-state index in [2.05, 4.69) is 6.92 Å². The molecule has 0 amide bonds. The summed E-state index contributed by atoms with van der Waals surface area (Å²) in [5.41, 5.74) is 0. The quantitative estimate of drug-likeness (QED) is 0.549. The van der Waals surface area contributed by atoms with Gasteiger partial charge in [0.05, 0.1) is 0 Å². The molecule has 102 valence electrons. The SMILES string of the molecule is CCCCCCCCCCC(O)C(=O)C(C)O. The van der Waals surface area contributed by atoms with Gasteiger partial charge in [-0.05, 0) is 13.3 Å². The summed E-state index contributed by atoms with van der Waals surface area (Å²) in [5.74, 6) is -0.451. The highest BCUT2D eigenvalue weighted by atomic mass is 16.3. The Morgan fingerprint density at radius 2 is 1.41 bits per heavy atom. The van der Waals surface area contributed by atoms with Crippen LogP contribution >= 0.6 is 0 Å². The summed E-state index contributed by atoms with van der Waals surface area (Å²) in [6.07, 6.45) is 8.04. The van der Waals surface area contributed by atoms with Crippen molar-refractivity contribution >= 4 is 5.78 Å². The Kier molecular flexibility index (Phi) is 10.5. The lowest BCUT2D eigenvalue weighted by Gasteiger charge is -2.10. The predicted molar refractivity (Wildman–Crippen MR) is 69.9 cm³/mol. The minimum absolute atomic E-state index is 0.451. The number of unbranched alkanes of at least 4 members (excludes halogenated alkanes) is 7. The lowest BCUT2D eigenvalue weighted by molar-refractivity contribution is -0.135. The third-order valence-corrected chi connectivity index (χ3v) is 3.07. The Hall–Kier alpha value is -0.410. The molecule has 0 radical (unpaired) electrons. The lowest BCUT2D eigenvalue weighted by atomic mass is 10.0. The van der Waals surface area contributed by atoms with Crippen molar-refractivity contribution in [2.45, 2.75) is 83.8 Å². The van der Waals surface area contributed by atoms with E-state index in [1.54, 1.807) is 0 Å². The van der Waals surface area contributed by atoms with Gasteiger partial charge >= 0.3 is 0 Å². The van der Waals surface area contributed by atoms with Crippen molar-refractivity contribution in [1.29, 1.82) is 0 Å². The van der Waals surface area contributed by atoms with Crippen LogP contribution in [0.4, 0.5) is 0 Å². The van der Waals surface area contributed by atoms with Crippen LogP contribution in [0.5, 0.6) is 0 Å². The molecule has 0 aliphatic carbocycles. The smallest absolute Gasteiger partial charge is 0.189 e. The molecule has 2 atom stereocenters. The summed E-state index contributed by atoms with van der Waals surface area (Å²) in [6, 6.07) is 0. The zero-order valence-corrected chi connectivity index (χ0v) is 11.3. The first kappa shape index (κ1) is 16.6. The van der Waals surface area contributed by atoms with Gasteiger partial charge in [-0.3, -0.25) is 4.79 Å². The molecule has 0 saturated heterocycles. The molecule has 0 spiro atoms. The highest BCUT2D eigenvalue weighted by Crippen LogP contribution is 2.11. The average molecular weight is 244 g/mol. The van der Waals surface area contributed by atoms with Gasteiger partial charge in [0.15, 0.2) is 5.78 Å². The second kappa shape index (κ2) is 10.7. The van der Waals surface area contributed by atoms with Crippen molar-refractivity contribution in [2.24, 2.45) is 0 Å². The van der Waals surface area contributed by atoms with Gasteiger partial charge in [-0.2, -0.15) is 0 Å². The number of carbonyl (C=O) groups excluding carboxylic acids is 1. The normalized spacial score (nSPS) is 14.6. The van der Waals surface area contributed by atoms with Crippen LogP contribution in [0.2, 0.25) is 0 Å². The van der Waals surface area contributed by atoms with E-state index < -0.39 is 18.0 Å². The number of rotatable bonds is 11. The van der Waals surface area contributed by atoms with E-state index in [1.807, 2.05) is 0 Å². The predicted octanol–water partition coefficient (Wildman–Crippen LogP) is 2.83. The molecular weight excluding hydrogens is 216 g/mol. The van der Waals surface area contributed by atoms with E-state index in [4.69, 9.17) is 5.11 Å². The second-order valence-electron chi connectivity index (χ2n) is 4.86. The van der Waals surface area contributed by atoms with Crippen molar-refractivity contribution in [1.82, 2.24) is 0 Å². The average Bonchev–Trinajstić information content (AvgIpc) is 2.31. The summed E-state index contributed by atoms with van der Waals surface area (Å²) < 4.78 is 0. The van der Waals surface area contributed by atoms with E-state index in [-0.39, 0.29) is 0 Å². The van der Waals surface area contributed by atoms with Gasteiger partial charge < -0.3 is 10.2 Å². The van der Waals surface area contributed by atoms with Gasteiger partial charge in [0.2, 0.25) is 0 Å². The standard InChI is InChI=1S/C14H28O3/c1-3-4-5-6-7-8-9-10-11-13(16)14(17)12(2)15/h12-13,15-16H,3-11H2,1-2H3. The molecule has 0 rings (SSSR count). The first-order valence-corrected chi connectivity index (χ1v) is 6.99. The van der Waals surface area contributed by atoms with E-state index in [0.29, 0.717) is 6.42 Å². The summed E-state index contributed by atoms with van der Waals surface area (Å²) in [6.45, 7) is 3.61. The maximum absolute atomic E-state index is 11.2. The molecule has 0 aromatic carbocycles. The van der Waals surface area contributed by atoms with Gasteiger partial charge in [0.25, 0.3) is 0 Å². The molecule has 2 N–H and O–H groups in total. The Bertz CT molecular complexity index is 190. The molecule has 0 aliphatic heterocycles. The Morgan fingerprint density at radius 1 is 0.941 bits per heavy atom. The van der Waals surface area contributed by atoms with Crippen LogP contribution in [0.1, 0.15) is 71.6 Å². The van der Waals surface area contributed by atoms with Crippen LogP contribution < -0.4 is 0 Å². The van der Waals surface area contributed by atoms with Gasteiger partial charge in [-0.25, -0.2) is 0 Å². The van der Waals surface area contributed by atoms with Crippen molar-refractivity contribution < 1.29 is 15.0 Å². The van der Waals surface area contributed by atoms with Crippen molar-refractivity contribution in [3.63, 3.8) is 0 Å². The zero-order chi connectivity index (χ0) is 13.1. The van der Waals surface area contributed by atoms with Crippen molar-refractivity contribution in [3.8, 4) is 0 Å². The Labute approximate surface area is 105 Å². The molecule has 0 aromatic heterocycles. The summed E-state index contributed by atoms with van der Waals surface area (Å²) >= 11 is 0. The summed E-state index contributed by atoms with van der Waals surface area (Å²) in [5, 5.41) is 18.5. The number of aliphatic hydroxyl groups is 2.